The van der Waals surface area contributed by atoms with Crippen molar-refractivity contribution in [3.8, 4) is 0 Å². The van der Waals surface area contributed by atoms with Crippen LogP contribution in [0.4, 0.5) is 4.79 Å². The highest BCUT2D eigenvalue weighted by Crippen LogP contribution is 2.18. The lowest BCUT2D eigenvalue weighted by atomic mass is 9.95. The van der Waals surface area contributed by atoms with Crippen molar-refractivity contribution in [1.29, 1.82) is 0 Å². The molecule has 7 heteroatoms. The van der Waals surface area contributed by atoms with Crippen LogP contribution in [0.25, 0.3) is 0 Å². The van der Waals surface area contributed by atoms with Crippen molar-refractivity contribution < 1.29 is 29.0 Å². The number of unbranched alkanes of at least 4 members (excludes halogenated alkanes) is 1. The molecule has 7 nitrogen and oxygen atoms in total. The molecule has 0 unspecified atom stereocenters. The molecule has 2 atom stereocenters. The van der Waals surface area contributed by atoms with Gasteiger partial charge in [-0.3, -0.25) is 4.79 Å². The molecule has 0 rings (SSSR count). The van der Waals surface area contributed by atoms with Gasteiger partial charge in [0.15, 0.2) is 5.78 Å². The first kappa shape index (κ1) is 21.4. The summed E-state index contributed by atoms with van der Waals surface area (Å²) >= 11 is 0. The van der Waals surface area contributed by atoms with Crippen LogP contribution < -0.4 is 0 Å². The molecule has 0 saturated carbocycles. The van der Waals surface area contributed by atoms with Crippen LogP contribution in [0.15, 0.2) is 0 Å². The van der Waals surface area contributed by atoms with E-state index in [-0.39, 0.29) is 6.61 Å². The van der Waals surface area contributed by atoms with Crippen molar-refractivity contribution in [3.63, 3.8) is 0 Å². The van der Waals surface area contributed by atoms with Gasteiger partial charge in [-0.05, 0) is 41.0 Å². The third-order valence-corrected chi connectivity index (χ3v) is 3.25. The fraction of sp³-hybridized carbons (Fsp3) is 0.812. The van der Waals surface area contributed by atoms with Crippen LogP contribution >= 0.6 is 0 Å². The zero-order chi connectivity index (χ0) is 18.4. The van der Waals surface area contributed by atoms with Gasteiger partial charge in [0.2, 0.25) is 5.60 Å². The van der Waals surface area contributed by atoms with Gasteiger partial charge in [0, 0.05) is 7.05 Å². The van der Waals surface area contributed by atoms with Gasteiger partial charge in [0.25, 0.3) is 0 Å². The molecule has 1 N–H and O–H groups in total. The number of esters is 1. The SMILES string of the molecule is CCCCOC(=O)N(C)[C@@H](C)C(=O)[C@](C)(O)C(=O)OC(C)(C)C. The number of Topliss-reactive ketones (excluding diaryl/α,β-unsaturated/α-hetero) is 1. The fourth-order valence-electron chi connectivity index (χ4n) is 1.62. The van der Waals surface area contributed by atoms with Gasteiger partial charge in [-0.15, -0.1) is 0 Å². The second-order valence-corrected chi connectivity index (χ2v) is 6.69. The summed E-state index contributed by atoms with van der Waals surface area (Å²) in [5.41, 5.74) is -3.18. The first-order valence-electron chi connectivity index (χ1n) is 7.74. The molecule has 134 valence electrons. The molecule has 0 spiro atoms. The number of nitrogens with zero attached hydrogens (tertiary/aromatic N) is 1. The summed E-state index contributed by atoms with van der Waals surface area (Å²) in [4.78, 5) is 37.3. The smallest absolute Gasteiger partial charge is 0.410 e. The number of rotatable bonds is 7. The van der Waals surface area contributed by atoms with Crippen LogP contribution in [-0.2, 0) is 19.1 Å². The number of hydrogen-bond donors (Lipinski definition) is 1. The summed E-state index contributed by atoms with van der Waals surface area (Å²) in [5.74, 6) is -1.88. The molecule has 0 aromatic heterocycles. The summed E-state index contributed by atoms with van der Waals surface area (Å²) in [5, 5.41) is 10.2. The van der Waals surface area contributed by atoms with Crippen LogP contribution in [0, 0.1) is 0 Å². The molecule has 0 aliphatic carbocycles. The van der Waals surface area contributed by atoms with Crippen LogP contribution in [-0.4, -0.2) is 58.8 Å². The standard InChI is InChI=1S/C16H29NO6/c1-8-9-10-22-14(20)17(7)11(2)12(18)16(6,21)13(19)23-15(3,4)5/h11,21H,8-10H2,1-7H3/t11-,16-/m0/s1. The first-order valence-corrected chi connectivity index (χ1v) is 7.74. The van der Waals surface area contributed by atoms with E-state index < -0.39 is 35.1 Å². The molecular weight excluding hydrogens is 302 g/mol. The van der Waals surface area contributed by atoms with E-state index in [2.05, 4.69) is 0 Å². The number of ether oxygens (including phenoxy) is 2. The van der Waals surface area contributed by atoms with Gasteiger partial charge in [-0.2, -0.15) is 0 Å². The van der Waals surface area contributed by atoms with E-state index in [1.54, 1.807) is 20.8 Å². The maximum absolute atomic E-state index is 12.4. The molecule has 0 fully saturated rings. The van der Waals surface area contributed by atoms with Crippen molar-refractivity contribution in [1.82, 2.24) is 4.90 Å². The van der Waals surface area contributed by atoms with E-state index in [0.717, 1.165) is 24.7 Å². The lowest BCUT2D eigenvalue weighted by Crippen LogP contribution is -2.55. The third kappa shape index (κ3) is 6.56. The predicted octanol–water partition coefficient (Wildman–Crippen LogP) is 1.91. The van der Waals surface area contributed by atoms with Crippen LogP contribution in [0.1, 0.15) is 54.4 Å². The van der Waals surface area contributed by atoms with E-state index >= 15 is 0 Å². The number of carbonyl (C=O) groups is 3. The summed E-state index contributed by atoms with van der Waals surface area (Å²) in [6.07, 6.45) is 0.912. The van der Waals surface area contributed by atoms with Crippen molar-refractivity contribution in [3.05, 3.63) is 0 Å². The Labute approximate surface area is 137 Å². The molecule has 0 aromatic carbocycles. The Hall–Kier alpha value is -1.63. The van der Waals surface area contributed by atoms with Crippen LogP contribution in [0.3, 0.4) is 0 Å². The maximum Gasteiger partial charge on any atom is 0.410 e. The maximum atomic E-state index is 12.4. The zero-order valence-electron chi connectivity index (χ0n) is 15.1. The Kier molecular flexibility index (Phi) is 7.70. The number of carbonyl (C=O) groups excluding carboxylic acids is 3. The number of aliphatic hydroxyl groups is 1. The molecule has 0 bridgehead atoms. The summed E-state index contributed by atoms with van der Waals surface area (Å²) < 4.78 is 10.1. The van der Waals surface area contributed by atoms with E-state index in [1.807, 2.05) is 6.92 Å². The molecule has 23 heavy (non-hydrogen) atoms. The van der Waals surface area contributed by atoms with E-state index in [0.29, 0.717) is 0 Å². The number of amides is 1. The highest BCUT2D eigenvalue weighted by atomic mass is 16.6. The minimum absolute atomic E-state index is 0.253. The van der Waals surface area contributed by atoms with Gasteiger partial charge < -0.3 is 19.5 Å². The number of ketones is 1. The lowest BCUT2D eigenvalue weighted by Gasteiger charge is -2.31. The fourth-order valence-corrected chi connectivity index (χ4v) is 1.62. The molecule has 0 aromatic rings. The topological polar surface area (TPSA) is 93.1 Å². The summed E-state index contributed by atoms with van der Waals surface area (Å²) in [6, 6.07) is -1.04. The normalized spacial score (nSPS) is 15.3. The van der Waals surface area contributed by atoms with Gasteiger partial charge >= 0.3 is 12.1 Å². The van der Waals surface area contributed by atoms with Gasteiger partial charge in [-0.25, -0.2) is 9.59 Å². The Morgan fingerprint density at radius 3 is 2.13 bits per heavy atom. The van der Waals surface area contributed by atoms with Gasteiger partial charge in [0.05, 0.1) is 12.6 Å². The largest absolute Gasteiger partial charge is 0.457 e. The molecule has 0 heterocycles. The Morgan fingerprint density at radius 1 is 1.17 bits per heavy atom. The van der Waals surface area contributed by atoms with Crippen molar-refractivity contribution in [2.75, 3.05) is 13.7 Å². The van der Waals surface area contributed by atoms with Crippen LogP contribution in [0.5, 0.6) is 0 Å². The van der Waals surface area contributed by atoms with E-state index in [4.69, 9.17) is 9.47 Å². The van der Waals surface area contributed by atoms with Crippen molar-refractivity contribution >= 4 is 17.8 Å². The van der Waals surface area contributed by atoms with Crippen molar-refractivity contribution in [2.45, 2.75) is 71.6 Å². The summed E-state index contributed by atoms with van der Waals surface area (Å²) in [6.45, 7) is 9.59. The third-order valence-electron chi connectivity index (χ3n) is 3.25. The highest BCUT2D eigenvalue weighted by Gasteiger charge is 2.45. The van der Waals surface area contributed by atoms with Crippen molar-refractivity contribution in [2.24, 2.45) is 0 Å². The second-order valence-electron chi connectivity index (χ2n) is 6.69. The molecule has 1 amide bonds. The molecular formula is C16H29NO6. The Balaban J connectivity index is 4.91. The first-order chi connectivity index (χ1) is 10.3. The number of likely N-dealkylation sites (N-methyl/N-ethyl adjacent to an activating group) is 1. The minimum atomic E-state index is -2.34. The summed E-state index contributed by atoms with van der Waals surface area (Å²) in [7, 11) is 1.38. The second kappa shape index (κ2) is 8.29. The van der Waals surface area contributed by atoms with E-state index in [1.165, 1.54) is 14.0 Å². The zero-order valence-corrected chi connectivity index (χ0v) is 15.1. The Morgan fingerprint density at radius 2 is 1.70 bits per heavy atom. The minimum Gasteiger partial charge on any atom is -0.457 e. The van der Waals surface area contributed by atoms with E-state index in [9.17, 15) is 19.5 Å². The predicted molar refractivity (Wildman–Crippen MR) is 85.0 cm³/mol. The van der Waals surface area contributed by atoms with Gasteiger partial charge in [-0.1, -0.05) is 13.3 Å². The molecule has 0 radical (unpaired) electrons. The molecule has 0 saturated heterocycles. The van der Waals surface area contributed by atoms with Crippen LogP contribution in [0.2, 0.25) is 0 Å². The number of hydrogen-bond acceptors (Lipinski definition) is 6. The lowest BCUT2D eigenvalue weighted by molar-refractivity contribution is -0.179. The molecule has 0 aliphatic heterocycles. The monoisotopic (exact) mass is 331 g/mol. The average Bonchev–Trinajstić information content (AvgIpc) is 2.43. The average molecular weight is 331 g/mol. The van der Waals surface area contributed by atoms with Gasteiger partial charge in [0.1, 0.15) is 5.60 Å². The highest BCUT2D eigenvalue weighted by molar-refractivity contribution is 6.09. The Bertz CT molecular complexity index is 438. The molecule has 0 aliphatic rings. The quantitative estimate of drug-likeness (QED) is 0.435.